The summed E-state index contributed by atoms with van der Waals surface area (Å²) in [7, 11) is 0. The molecule has 226 valence electrons. The van der Waals surface area contributed by atoms with Crippen LogP contribution in [0.2, 0.25) is 0 Å². The Morgan fingerprint density at radius 1 is 0.354 bits per heavy atom. The van der Waals surface area contributed by atoms with Gasteiger partial charge in [-0.2, -0.15) is 0 Å². The highest BCUT2D eigenvalue weighted by molar-refractivity contribution is 6.22. The number of hydrogen-bond acceptors (Lipinski definition) is 2. The van der Waals surface area contributed by atoms with Gasteiger partial charge in [0, 0.05) is 32.9 Å². The summed E-state index contributed by atoms with van der Waals surface area (Å²) < 4.78 is 6.70. The lowest BCUT2D eigenvalue weighted by atomic mass is 9.96. The molecular formula is C46H31NO. The summed E-state index contributed by atoms with van der Waals surface area (Å²) in [5, 5.41) is 4.44. The number of nitrogens with zero attached hydrogens (tertiary/aromatic N) is 1. The lowest BCUT2D eigenvalue weighted by Crippen LogP contribution is -2.10. The number of rotatable bonds is 6. The molecule has 2 heteroatoms. The lowest BCUT2D eigenvalue weighted by molar-refractivity contribution is 0.673. The molecule has 48 heavy (non-hydrogen) atoms. The van der Waals surface area contributed by atoms with Gasteiger partial charge in [0.25, 0.3) is 0 Å². The number of hydrogen-bond donors (Lipinski definition) is 0. The maximum atomic E-state index is 6.70. The van der Waals surface area contributed by atoms with Gasteiger partial charge in [-0.05, 0) is 69.8 Å². The van der Waals surface area contributed by atoms with Gasteiger partial charge in [0.1, 0.15) is 11.2 Å². The first-order valence-corrected chi connectivity index (χ1v) is 16.4. The molecule has 9 rings (SSSR count). The third kappa shape index (κ3) is 4.83. The Morgan fingerprint density at radius 2 is 0.917 bits per heavy atom. The zero-order chi connectivity index (χ0) is 31.9. The fraction of sp³-hybridized carbons (Fsp3) is 0. The Labute approximate surface area is 279 Å². The Balaban J connectivity index is 1.32. The zero-order valence-electron chi connectivity index (χ0n) is 26.3. The van der Waals surface area contributed by atoms with Crippen LogP contribution < -0.4 is 4.90 Å². The Morgan fingerprint density at radius 3 is 1.62 bits per heavy atom. The minimum atomic E-state index is 0.887. The molecule has 0 aliphatic carbocycles. The van der Waals surface area contributed by atoms with Gasteiger partial charge in [-0.15, -0.1) is 0 Å². The van der Waals surface area contributed by atoms with Gasteiger partial charge in [0.2, 0.25) is 0 Å². The van der Waals surface area contributed by atoms with Crippen LogP contribution in [-0.4, -0.2) is 0 Å². The van der Waals surface area contributed by atoms with Crippen molar-refractivity contribution in [3.05, 3.63) is 188 Å². The second kappa shape index (κ2) is 11.8. The quantitative estimate of drug-likeness (QED) is 0.185. The summed E-state index contributed by atoms with van der Waals surface area (Å²) in [5.41, 5.74) is 12.1. The zero-order valence-corrected chi connectivity index (χ0v) is 26.3. The van der Waals surface area contributed by atoms with Crippen LogP contribution in [0.1, 0.15) is 0 Å². The molecule has 9 aromatic rings. The summed E-state index contributed by atoms with van der Waals surface area (Å²) in [6.07, 6.45) is 0. The van der Waals surface area contributed by atoms with Crippen molar-refractivity contribution in [1.82, 2.24) is 0 Å². The summed E-state index contributed by atoms with van der Waals surface area (Å²) in [5.74, 6) is 0. The largest absolute Gasteiger partial charge is 0.455 e. The van der Waals surface area contributed by atoms with E-state index in [0.717, 1.165) is 55.3 Å². The predicted molar refractivity (Wildman–Crippen MR) is 202 cm³/mol. The van der Waals surface area contributed by atoms with Crippen LogP contribution in [0.15, 0.2) is 192 Å². The molecule has 0 spiro atoms. The predicted octanol–water partition coefficient (Wildman–Crippen LogP) is 13.2. The van der Waals surface area contributed by atoms with Gasteiger partial charge in [0.15, 0.2) is 0 Å². The summed E-state index contributed by atoms with van der Waals surface area (Å²) in [6.45, 7) is 0. The van der Waals surface area contributed by atoms with Crippen LogP contribution in [0, 0.1) is 0 Å². The molecule has 0 aliphatic heterocycles. The normalized spacial score (nSPS) is 11.3. The molecule has 0 amide bonds. The van der Waals surface area contributed by atoms with E-state index in [4.69, 9.17) is 4.42 Å². The second-order valence-electron chi connectivity index (χ2n) is 12.1. The van der Waals surface area contributed by atoms with Gasteiger partial charge >= 0.3 is 0 Å². The van der Waals surface area contributed by atoms with E-state index in [1.54, 1.807) is 0 Å². The number of anilines is 3. The molecule has 8 aromatic carbocycles. The fourth-order valence-electron chi connectivity index (χ4n) is 6.99. The molecule has 0 unspecified atom stereocenters. The molecule has 2 nitrogen and oxygen atoms in total. The Bertz CT molecular complexity index is 2530. The van der Waals surface area contributed by atoms with Crippen molar-refractivity contribution in [1.29, 1.82) is 0 Å². The smallest absolute Gasteiger partial charge is 0.143 e. The van der Waals surface area contributed by atoms with Gasteiger partial charge < -0.3 is 9.32 Å². The van der Waals surface area contributed by atoms with E-state index in [2.05, 4.69) is 193 Å². The first-order valence-electron chi connectivity index (χ1n) is 16.4. The van der Waals surface area contributed by atoms with Crippen LogP contribution in [0.25, 0.3) is 66.1 Å². The van der Waals surface area contributed by atoms with Gasteiger partial charge in [-0.25, -0.2) is 0 Å². The standard InChI is InChI=1S/C46H31NO/c1-4-14-32(15-5-1)34-26-28-37(29-27-34)47(38-21-12-20-36(30-38)33-16-6-2-7-17-33)43-31-42-45-39(35-18-8-3-9-19-35)24-13-25-44(45)48-46(42)41-23-11-10-22-40(41)43/h1-31H. The van der Waals surface area contributed by atoms with Crippen molar-refractivity contribution >= 4 is 49.8 Å². The van der Waals surface area contributed by atoms with Crippen LogP contribution in [0.5, 0.6) is 0 Å². The molecule has 0 bridgehead atoms. The molecule has 0 radical (unpaired) electrons. The fourth-order valence-corrected chi connectivity index (χ4v) is 6.99. The van der Waals surface area contributed by atoms with E-state index in [1.165, 1.54) is 27.8 Å². The third-order valence-corrected chi connectivity index (χ3v) is 9.25. The Hall–Kier alpha value is -6.38. The van der Waals surface area contributed by atoms with Crippen molar-refractivity contribution in [2.45, 2.75) is 0 Å². The van der Waals surface area contributed by atoms with Crippen LogP contribution >= 0.6 is 0 Å². The molecule has 0 aliphatic rings. The molecule has 0 saturated carbocycles. The number of furan rings is 1. The van der Waals surface area contributed by atoms with Gasteiger partial charge in [-0.3, -0.25) is 0 Å². The molecule has 1 aromatic heterocycles. The van der Waals surface area contributed by atoms with E-state index < -0.39 is 0 Å². The Kier molecular flexibility index (Phi) is 6.84. The van der Waals surface area contributed by atoms with E-state index in [9.17, 15) is 0 Å². The SMILES string of the molecule is c1ccc(-c2ccc(N(c3cccc(-c4ccccc4)c3)c3cc4c(oc5cccc(-c6ccccc6)c54)c4ccccc34)cc2)cc1. The van der Waals surface area contributed by atoms with Gasteiger partial charge in [0.05, 0.1) is 5.69 Å². The van der Waals surface area contributed by atoms with Crippen LogP contribution in [-0.2, 0) is 0 Å². The maximum Gasteiger partial charge on any atom is 0.143 e. The van der Waals surface area contributed by atoms with Crippen molar-refractivity contribution < 1.29 is 4.42 Å². The molecule has 1 heterocycles. The highest BCUT2D eigenvalue weighted by Crippen LogP contribution is 2.46. The minimum Gasteiger partial charge on any atom is -0.455 e. The summed E-state index contributed by atoms with van der Waals surface area (Å²) in [4.78, 5) is 2.40. The molecule has 0 saturated heterocycles. The van der Waals surface area contributed by atoms with Crippen molar-refractivity contribution in [2.75, 3.05) is 4.90 Å². The summed E-state index contributed by atoms with van der Waals surface area (Å²) in [6, 6.07) is 66.8. The topological polar surface area (TPSA) is 16.4 Å². The van der Waals surface area contributed by atoms with Crippen molar-refractivity contribution in [3.8, 4) is 33.4 Å². The maximum absolute atomic E-state index is 6.70. The summed E-state index contributed by atoms with van der Waals surface area (Å²) >= 11 is 0. The van der Waals surface area contributed by atoms with E-state index in [-0.39, 0.29) is 0 Å². The highest BCUT2D eigenvalue weighted by atomic mass is 16.3. The highest BCUT2D eigenvalue weighted by Gasteiger charge is 2.22. The monoisotopic (exact) mass is 613 g/mol. The first-order chi connectivity index (χ1) is 23.8. The average Bonchev–Trinajstić information content (AvgIpc) is 3.56. The van der Waals surface area contributed by atoms with E-state index in [1.807, 2.05) is 0 Å². The van der Waals surface area contributed by atoms with Crippen molar-refractivity contribution in [2.24, 2.45) is 0 Å². The van der Waals surface area contributed by atoms with Crippen molar-refractivity contribution in [3.63, 3.8) is 0 Å². The minimum absolute atomic E-state index is 0.887. The molecular weight excluding hydrogens is 583 g/mol. The average molecular weight is 614 g/mol. The molecule has 0 fully saturated rings. The molecule has 0 atom stereocenters. The van der Waals surface area contributed by atoms with Gasteiger partial charge in [-0.1, -0.05) is 152 Å². The number of fused-ring (bicyclic) bond motifs is 5. The van der Waals surface area contributed by atoms with Crippen LogP contribution in [0.3, 0.4) is 0 Å². The number of benzene rings is 8. The molecule has 0 N–H and O–H groups in total. The van der Waals surface area contributed by atoms with E-state index >= 15 is 0 Å². The lowest BCUT2D eigenvalue weighted by Gasteiger charge is -2.28. The van der Waals surface area contributed by atoms with Crippen LogP contribution in [0.4, 0.5) is 17.1 Å². The second-order valence-corrected chi connectivity index (χ2v) is 12.1. The first kappa shape index (κ1) is 27.9. The third-order valence-electron chi connectivity index (χ3n) is 9.25. The van der Waals surface area contributed by atoms with E-state index in [0.29, 0.717) is 0 Å².